The molecular weight excluding hydrogens is 260 g/mol. The number of rotatable bonds is 5. The van der Waals surface area contributed by atoms with Crippen LogP contribution < -0.4 is 0 Å². The third-order valence-corrected chi connectivity index (χ3v) is 3.17. The molecule has 0 bridgehead atoms. The van der Waals surface area contributed by atoms with Gasteiger partial charge in [0.25, 0.3) is 0 Å². The Morgan fingerprint density at radius 2 is 2.26 bits per heavy atom. The van der Waals surface area contributed by atoms with Crippen LogP contribution in [-0.4, -0.2) is 28.8 Å². The van der Waals surface area contributed by atoms with Crippen LogP contribution in [0.4, 0.5) is 0 Å². The Labute approximate surface area is 116 Å². The molecule has 0 radical (unpaired) electrons. The van der Waals surface area contributed by atoms with Crippen molar-refractivity contribution in [2.75, 3.05) is 12.9 Å². The fourth-order valence-corrected chi connectivity index (χ4v) is 1.95. The summed E-state index contributed by atoms with van der Waals surface area (Å²) in [5.41, 5.74) is 1.58. The van der Waals surface area contributed by atoms with Crippen LogP contribution in [0.2, 0.25) is 0 Å². The van der Waals surface area contributed by atoms with Gasteiger partial charge in [0.1, 0.15) is 0 Å². The van der Waals surface area contributed by atoms with Crippen molar-refractivity contribution in [1.29, 1.82) is 0 Å². The predicted octanol–water partition coefficient (Wildman–Crippen LogP) is 2.60. The van der Waals surface area contributed by atoms with E-state index in [2.05, 4.69) is 9.97 Å². The first-order valence-electron chi connectivity index (χ1n) is 5.85. The predicted molar refractivity (Wildman–Crippen MR) is 74.2 cm³/mol. The van der Waals surface area contributed by atoms with Gasteiger partial charge in [-0.15, -0.1) is 11.8 Å². The highest BCUT2D eigenvalue weighted by Crippen LogP contribution is 2.13. The summed E-state index contributed by atoms with van der Waals surface area (Å²) in [5.74, 6) is -0.318. The second-order valence-electron chi connectivity index (χ2n) is 3.83. The number of carbonyl (C=O) groups is 1. The molecule has 98 valence electrons. The smallest absolute Gasteiger partial charge is 0.338 e. The van der Waals surface area contributed by atoms with Crippen LogP contribution in [0.15, 0.2) is 47.9 Å². The number of ether oxygens (including phenoxy) is 1. The van der Waals surface area contributed by atoms with Crippen molar-refractivity contribution in [3.05, 3.63) is 54.0 Å². The Bertz CT molecular complexity index is 546. The molecule has 0 aromatic carbocycles. The molecule has 4 nitrogen and oxygen atoms in total. The number of hydrogen-bond donors (Lipinski definition) is 0. The number of thioether (sulfide) groups is 1. The molecule has 0 unspecified atom stereocenters. The van der Waals surface area contributed by atoms with Gasteiger partial charge in [-0.05, 0) is 30.0 Å². The Hall–Kier alpha value is -1.88. The van der Waals surface area contributed by atoms with Crippen molar-refractivity contribution in [1.82, 2.24) is 9.97 Å². The third kappa shape index (κ3) is 4.06. The van der Waals surface area contributed by atoms with Gasteiger partial charge in [0, 0.05) is 25.0 Å². The zero-order chi connectivity index (χ0) is 13.5. The first-order chi connectivity index (χ1) is 9.29. The molecule has 0 saturated carbocycles. The van der Waals surface area contributed by atoms with E-state index in [1.165, 1.54) is 11.8 Å². The van der Waals surface area contributed by atoms with Gasteiger partial charge in [0.2, 0.25) is 0 Å². The fourth-order valence-electron chi connectivity index (χ4n) is 1.54. The lowest BCUT2D eigenvalue weighted by atomic mass is 10.2. The number of aromatic nitrogens is 2. The molecule has 0 spiro atoms. The molecule has 0 atom stereocenters. The molecule has 0 aliphatic heterocycles. The molecule has 0 N–H and O–H groups in total. The lowest BCUT2D eigenvalue weighted by Crippen LogP contribution is -2.08. The van der Waals surface area contributed by atoms with E-state index in [-0.39, 0.29) is 5.97 Å². The summed E-state index contributed by atoms with van der Waals surface area (Å²) in [4.78, 5) is 20.0. The number of esters is 1. The number of carbonyl (C=O) groups excluding carboxylic acids is 1. The van der Waals surface area contributed by atoms with Crippen molar-refractivity contribution >= 4 is 17.7 Å². The highest BCUT2D eigenvalue weighted by molar-refractivity contribution is 7.98. The highest BCUT2D eigenvalue weighted by atomic mass is 32.2. The molecule has 0 fully saturated rings. The van der Waals surface area contributed by atoms with Crippen LogP contribution in [0, 0.1) is 0 Å². The van der Waals surface area contributed by atoms with E-state index in [0.29, 0.717) is 18.6 Å². The maximum Gasteiger partial charge on any atom is 0.338 e. The minimum Gasteiger partial charge on any atom is -0.462 e. The Kier molecular flexibility index (Phi) is 4.92. The summed E-state index contributed by atoms with van der Waals surface area (Å²) in [6, 6.07) is 7.22. The third-order valence-electron chi connectivity index (χ3n) is 2.53. The quantitative estimate of drug-likeness (QED) is 0.619. The minimum absolute atomic E-state index is 0.318. The lowest BCUT2D eigenvalue weighted by molar-refractivity contribution is 0.0508. The van der Waals surface area contributed by atoms with E-state index in [1.54, 1.807) is 30.7 Å². The summed E-state index contributed by atoms with van der Waals surface area (Å²) in [5, 5.41) is 0.807. The van der Waals surface area contributed by atoms with E-state index in [1.807, 2.05) is 18.4 Å². The molecule has 0 aliphatic rings. The lowest BCUT2D eigenvalue weighted by Gasteiger charge is -2.05. The van der Waals surface area contributed by atoms with Crippen LogP contribution in [-0.2, 0) is 11.2 Å². The first-order valence-corrected chi connectivity index (χ1v) is 7.08. The van der Waals surface area contributed by atoms with Gasteiger partial charge >= 0.3 is 5.97 Å². The minimum atomic E-state index is -0.318. The van der Waals surface area contributed by atoms with Gasteiger partial charge in [-0.1, -0.05) is 6.07 Å². The molecule has 2 aromatic heterocycles. The van der Waals surface area contributed by atoms with Crippen LogP contribution in [0.25, 0.3) is 0 Å². The second-order valence-corrected chi connectivity index (χ2v) is 4.66. The summed E-state index contributed by atoms with van der Waals surface area (Å²) < 4.78 is 5.23. The molecule has 2 rings (SSSR count). The maximum absolute atomic E-state index is 11.8. The summed E-state index contributed by atoms with van der Waals surface area (Å²) in [6.07, 6.45) is 7.69. The fraction of sp³-hybridized carbons (Fsp3) is 0.214. The maximum atomic E-state index is 11.8. The average Bonchev–Trinajstić information content (AvgIpc) is 2.48. The summed E-state index contributed by atoms with van der Waals surface area (Å²) in [6.45, 7) is 0.349. The molecule has 0 aliphatic carbocycles. The van der Waals surface area contributed by atoms with Gasteiger partial charge < -0.3 is 4.74 Å². The zero-order valence-electron chi connectivity index (χ0n) is 10.6. The molecule has 2 aromatic rings. The van der Waals surface area contributed by atoms with Crippen LogP contribution in [0.1, 0.15) is 15.9 Å². The van der Waals surface area contributed by atoms with Crippen LogP contribution >= 0.6 is 11.8 Å². The largest absolute Gasteiger partial charge is 0.462 e. The second kappa shape index (κ2) is 6.89. The van der Waals surface area contributed by atoms with Gasteiger partial charge in [-0.2, -0.15) is 0 Å². The number of pyridine rings is 2. The zero-order valence-corrected chi connectivity index (χ0v) is 11.4. The van der Waals surface area contributed by atoms with Crippen LogP contribution in [0.3, 0.4) is 0 Å². The standard InChI is InChI=1S/C14H14N2O2S/c1-19-13-9-12(4-7-16-13)14(17)18-8-5-11-3-2-6-15-10-11/h2-4,6-7,9-10H,5,8H2,1H3. The Morgan fingerprint density at radius 1 is 1.37 bits per heavy atom. The van der Waals surface area contributed by atoms with E-state index in [9.17, 15) is 4.79 Å². The first kappa shape index (κ1) is 13.5. The summed E-state index contributed by atoms with van der Waals surface area (Å²) >= 11 is 1.49. The molecule has 0 saturated heterocycles. The van der Waals surface area contributed by atoms with Crippen molar-refractivity contribution in [2.45, 2.75) is 11.4 Å². The van der Waals surface area contributed by atoms with E-state index < -0.39 is 0 Å². The van der Waals surface area contributed by atoms with Crippen molar-refractivity contribution < 1.29 is 9.53 Å². The van der Waals surface area contributed by atoms with E-state index in [0.717, 1.165) is 10.6 Å². The SMILES string of the molecule is CSc1cc(C(=O)OCCc2cccnc2)ccn1. The molecule has 2 heterocycles. The summed E-state index contributed by atoms with van der Waals surface area (Å²) in [7, 11) is 0. The van der Waals surface area contributed by atoms with Crippen molar-refractivity contribution in [2.24, 2.45) is 0 Å². The van der Waals surface area contributed by atoms with Crippen molar-refractivity contribution in [3.63, 3.8) is 0 Å². The van der Waals surface area contributed by atoms with Crippen LogP contribution in [0.5, 0.6) is 0 Å². The molecule has 19 heavy (non-hydrogen) atoms. The highest BCUT2D eigenvalue weighted by Gasteiger charge is 2.08. The van der Waals surface area contributed by atoms with Gasteiger partial charge in [-0.3, -0.25) is 4.98 Å². The molecule has 5 heteroatoms. The number of hydrogen-bond acceptors (Lipinski definition) is 5. The van der Waals surface area contributed by atoms with Gasteiger partial charge in [-0.25, -0.2) is 9.78 Å². The van der Waals surface area contributed by atoms with Gasteiger partial charge in [0.05, 0.1) is 17.2 Å². The van der Waals surface area contributed by atoms with E-state index >= 15 is 0 Å². The Morgan fingerprint density at radius 3 is 3.00 bits per heavy atom. The monoisotopic (exact) mass is 274 g/mol. The molecule has 0 amide bonds. The van der Waals surface area contributed by atoms with E-state index in [4.69, 9.17) is 4.74 Å². The average molecular weight is 274 g/mol. The topological polar surface area (TPSA) is 52.1 Å². The van der Waals surface area contributed by atoms with Gasteiger partial charge in [0.15, 0.2) is 0 Å². The normalized spacial score (nSPS) is 10.2. The molecular formula is C14H14N2O2S. The number of nitrogens with zero attached hydrogens (tertiary/aromatic N) is 2. The van der Waals surface area contributed by atoms with Crippen molar-refractivity contribution in [3.8, 4) is 0 Å². The Balaban J connectivity index is 1.87.